The molecular formula is C17H23N3O4S. The van der Waals surface area contributed by atoms with Crippen LogP contribution in [0.1, 0.15) is 32.6 Å². The molecule has 0 saturated carbocycles. The lowest BCUT2D eigenvalue weighted by molar-refractivity contribution is -0.130. The van der Waals surface area contributed by atoms with Crippen LogP contribution in [0.25, 0.3) is 0 Å². The van der Waals surface area contributed by atoms with E-state index >= 15 is 0 Å². The fourth-order valence-corrected chi connectivity index (χ4v) is 5.10. The van der Waals surface area contributed by atoms with Crippen molar-refractivity contribution in [1.82, 2.24) is 9.21 Å². The number of carbonyl (C=O) groups excluding carboxylic acids is 2. The van der Waals surface area contributed by atoms with E-state index in [9.17, 15) is 18.0 Å². The number of anilines is 1. The Kier molecular flexibility index (Phi) is 5.10. The van der Waals surface area contributed by atoms with E-state index in [2.05, 4.69) is 5.32 Å². The standard InChI is InChI=1S/C17H23N3O4S/c1-13(21)18-14-5-2-7-16(11-14)25(23,24)19-9-3-6-15(12-19)20-10-4-8-17(20)22/h2,5,7,11,15H,3-4,6,8-10,12H2,1H3,(H,18,21)/t15-/m0/s1. The number of benzene rings is 1. The van der Waals surface area contributed by atoms with Crippen molar-refractivity contribution in [3.63, 3.8) is 0 Å². The van der Waals surface area contributed by atoms with Crippen LogP contribution >= 0.6 is 0 Å². The smallest absolute Gasteiger partial charge is 0.243 e. The summed E-state index contributed by atoms with van der Waals surface area (Å²) in [5, 5.41) is 2.60. The molecule has 1 N–H and O–H groups in total. The molecule has 2 fully saturated rings. The lowest BCUT2D eigenvalue weighted by Gasteiger charge is -2.36. The fourth-order valence-electron chi connectivity index (χ4n) is 3.54. The van der Waals surface area contributed by atoms with Crippen LogP contribution < -0.4 is 5.32 Å². The third-order valence-corrected chi connectivity index (χ3v) is 6.56. The number of likely N-dealkylation sites (tertiary alicyclic amines) is 1. The van der Waals surface area contributed by atoms with Gasteiger partial charge < -0.3 is 10.2 Å². The highest BCUT2D eigenvalue weighted by Gasteiger charge is 2.35. The maximum Gasteiger partial charge on any atom is 0.243 e. The average molecular weight is 365 g/mol. The first-order valence-electron chi connectivity index (χ1n) is 8.55. The molecule has 2 heterocycles. The summed E-state index contributed by atoms with van der Waals surface area (Å²) in [6, 6.07) is 6.23. The molecule has 2 aliphatic rings. The van der Waals surface area contributed by atoms with Gasteiger partial charge in [0.15, 0.2) is 0 Å². The Morgan fingerprint density at radius 3 is 2.72 bits per heavy atom. The van der Waals surface area contributed by atoms with Gasteiger partial charge in [0.05, 0.1) is 4.90 Å². The Labute approximate surface area is 148 Å². The van der Waals surface area contributed by atoms with Gasteiger partial charge in [0.25, 0.3) is 0 Å². The monoisotopic (exact) mass is 365 g/mol. The number of nitrogens with one attached hydrogen (secondary N) is 1. The maximum atomic E-state index is 13.0. The summed E-state index contributed by atoms with van der Waals surface area (Å²) in [5.41, 5.74) is 0.455. The van der Waals surface area contributed by atoms with Gasteiger partial charge in [-0.15, -0.1) is 0 Å². The minimum atomic E-state index is -3.66. The van der Waals surface area contributed by atoms with Crippen molar-refractivity contribution < 1.29 is 18.0 Å². The normalized spacial score (nSPS) is 22.2. The van der Waals surface area contributed by atoms with E-state index < -0.39 is 10.0 Å². The summed E-state index contributed by atoms with van der Waals surface area (Å²) in [6.07, 6.45) is 2.98. The van der Waals surface area contributed by atoms with Gasteiger partial charge in [-0.05, 0) is 37.5 Å². The lowest BCUT2D eigenvalue weighted by atomic mass is 10.1. The maximum absolute atomic E-state index is 13.0. The number of hydrogen-bond acceptors (Lipinski definition) is 4. The van der Waals surface area contributed by atoms with Crippen LogP contribution in [-0.2, 0) is 19.6 Å². The van der Waals surface area contributed by atoms with Crippen LogP contribution in [0.15, 0.2) is 29.2 Å². The highest BCUT2D eigenvalue weighted by Crippen LogP contribution is 2.26. The van der Waals surface area contributed by atoms with Crippen LogP contribution in [0.5, 0.6) is 0 Å². The molecular weight excluding hydrogens is 342 g/mol. The molecule has 2 amide bonds. The first kappa shape index (κ1) is 17.9. The molecule has 1 atom stereocenters. The zero-order valence-corrected chi connectivity index (χ0v) is 15.1. The summed E-state index contributed by atoms with van der Waals surface area (Å²) in [6.45, 7) is 2.88. The topological polar surface area (TPSA) is 86.8 Å². The van der Waals surface area contributed by atoms with E-state index in [1.165, 1.54) is 23.4 Å². The predicted octanol–water partition coefficient (Wildman–Crippen LogP) is 1.42. The largest absolute Gasteiger partial charge is 0.338 e. The van der Waals surface area contributed by atoms with Crippen LogP contribution in [0.3, 0.4) is 0 Å². The predicted molar refractivity (Wildman–Crippen MR) is 93.5 cm³/mol. The van der Waals surface area contributed by atoms with Crippen LogP contribution in [0, 0.1) is 0 Å². The van der Waals surface area contributed by atoms with Crippen molar-refractivity contribution in [3.8, 4) is 0 Å². The quantitative estimate of drug-likeness (QED) is 0.874. The number of amides is 2. The third kappa shape index (κ3) is 3.85. The van der Waals surface area contributed by atoms with Crippen molar-refractivity contribution in [1.29, 1.82) is 0 Å². The van der Waals surface area contributed by atoms with Crippen LogP contribution in [0.4, 0.5) is 5.69 Å². The molecule has 8 heteroatoms. The highest BCUT2D eigenvalue weighted by atomic mass is 32.2. The molecule has 2 saturated heterocycles. The first-order valence-corrected chi connectivity index (χ1v) is 9.99. The van der Waals surface area contributed by atoms with Gasteiger partial charge in [-0.3, -0.25) is 9.59 Å². The SMILES string of the molecule is CC(=O)Nc1cccc(S(=O)(=O)N2CCC[C@H](N3CCCC3=O)C2)c1. The van der Waals surface area contributed by atoms with Crippen LogP contribution in [-0.4, -0.2) is 55.1 Å². The minimum absolute atomic E-state index is 0.0444. The summed E-state index contributed by atoms with van der Waals surface area (Å²) in [4.78, 5) is 25.1. The second-order valence-electron chi connectivity index (χ2n) is 6.56. The lowest BCUT2D eigenvalue weighted by Crippen LogP contribution is -2.50. The van der Waals surface area contributed by atoms with E-state index in [-0.39, 0.29) is 22.8 Å². The summed E-state index contributed by atoms with van der Waals surface area (Å²) < 4.78 is 27.4. The van der Waals surface area contributed by atoms with Crippen molar-refractivity contribution in [2.75, 3.05) is 25.0 Å². The van der Waals surface area contributed by atoms with Crippen molar-refractivity contribution in [3.05, 3.63) is 24.3 Å². The molecule has 136 valence electrons. The molecule has 1 aromatic carbocycles. The minimum Gasteiger partial charge on any atom is -0.338 e. The van der Waals surface area contributed by atoms with E-state index in [1.54, 1.807) is 12.1 Å². The number of nitrogens with zero attached hydrogens (tertiary/aromatic N) is 2. The Balaban J connectivity index is 1.79. The Morgan fingerprint density at radius 2 is 2.04 bits per heavy atom. The van der Waals surface area contributed by atoms with Gasteiger partial charge in [-0.1, -0.05) is 6.07 Å². The summed E-state index contributed by atoms with van der Waals surface area (Å²) >= 11 is 0. The molecule has 0 unspecified atom stereocenters. The Hall–Kier alpha value is -1.93. The van der Waals surface area contributed by atoms with Crippen molar-refractivity contribution >= 4 is 27.5 Å². The van der Waals surface area contributed by atoms with Gasteiger partial charge in [-0.2, -0.15) is 4.31 Å². The zero-order chi connectivity index (χ0) is 18.0. The number of sulfonamides is 1. The summed E-state index contributed by atoms with van der Waals surface area (Å²) in [7, 11) is -3.66. The first-order chi connectivity index (χ1) is 11.9. The molecule has 2 aliphatic heterocycles. The fraction of sp³-hybridized carbons (Fsp3) is 0.529. The van der Waals surface area contributed by atoms with E-state index in [1.807, 2.05) is 4.90 Å². The molecule has 0 bridgehead atoms. The molecule has 0 spiro atoms. The van der Waals surface area contributed by atoms with E-state index in [0.29, 0.717) is 25.2 Å². The Bertz CT molecular complexity index is 778. The zero-order valence-electron chi connectivity index (χ0n) is 14.3. The van der Waals surface area contributed by atoms with Crippen molar-refractivity contribution in [2.24, 2.45) is 0 Å². The highest BCUT2D eigenvalue weighted by molar-refractivity contribution is 7.89. The van der Waals surface area contributed by atoms with Gasteiger partial charge >= 0.3 is 0 Å². The average Bonchev–Trinajstić information content (AvgIpc) is 3.01. The van der Waals surface area contributed by atoms with Crippen LogP contribution in [0.2, 0.25) is 0 Å². The number of carbonyl (C=O) groups is 2. The van der Waals surface area contributed by atoms with Gasteiger partial charge in [-0.25, -0.2) is 8.42 Å². The van der Waals surface area contributed by atoms with Gasteiger partial charge in [0.1, 0.15) is 0 Å². The molecule has 0 radical (unpaired) electrons. The molecule has 7 nitrogen and oxygen atoms in total. The number of piperidine rings is 1. The number of rotatable bonds is 4. The second kappa shape index (κ2) is 7.13. The van der Waals surface area contributed by atoms with E-state index in [0.717, 1.165) is 25.8 Å². The van der Waals surface area contributed by atoms with Gasteiger partial charge in [0.2, 0.25) is 21.8 Å². The van der Waals surface area contributed by atoms with Gasteiger partial charge in [0, 0.05) is 44.7 Å². The third-order valence-electron chi connectivity index (χ3n) is 4.70. The Morgan fingerprint density at radius 1 is 1.24 bits per heavy atom. The van der Waals surface area contributed by atoms with Crippen molar-refractivity contribution in [2.45, 2.75) is 43.5 Å². The number of hydrogen-bond donors (Lipinski definition) is 1. The molecule has 1 aromatic rings. The summed E-state index contributed by atoms with van der Waals surface area (Å²) in [5.74, 6) is -0.128. The molecule has 3 rings (SSSR count). The van der Waals surface area contributed by atoms with E-state index in [4.69, 9.17) is 0 Å². The molecule has 25 heavy (non-hydrogen) atoms. The molecule has 0 aromatic heterocycles. The molecule has 0 aliphatic carbocycles. The second-order valence-corrected chi connectivity index (χ2v) is 8.50.